The highest BCUT2D eigenvalue weighted by Crippen LogP contribution is 2.51. The highest BCUT2D eigenvalue weighted by atomic mass is 16.5. The molecule has 0 radical (unpaired) electrons. The maximum absolute atomic E-state index is 8.90. The van der Waals surface area contributed by atoms with Crippen LogP contribution in [0.2, 0.25) is 0 Å². The first kappa shape index (κ1) is 28.5. The molecule has 1 aliphatic rings. The van der Waals surface area contributed by atoms with Crippen LogP contribution in [0.1, 0.15) is 40.0 Å². The number of benzene rings is 7. The first-order valence-corrected chi connectivity index (χ1v) is 20.1. The standard InChI is InChI=1S/C56H45N5O/c1-56(2,3)40-30-33-58-54(34-40)61-52-31-32-57-37-49(52)47-23-11-10-22-46(47)48-29-28-43(36-53(48)61)62-42-21-14-20-41(35-42)59-50-26-12-13-27-51(50)60-55-44(38-16-6-4-7-17-38)24-15-25-45(55)39-18-8-5-9-19-39/h4-37,59-60H,1-3H3/i4D,5D,6D,7D,8D,9D,16D,17D,18D,19D. The van der Waals surface area contributed by atoms with Gasteiger partial charge in [-0.2, -0.15) is 0 Å². The lowest BCUT2D eigenvalue weighted by Crippen LogP contribution is -2.16. The van der Waals surface area contributed by atoms with Gasteiger partial charge < -0.3 is 15.4 Å². The lowest BCUT2D eigenvalue weighted by molar-refractivity contribution is 0.483. The van der Waals surface area contributed by atoms with Crippen LogP contribution in [0.4, 0.5) is 39.9 Å². The average molecular weight is 814 g/mol. The lowest BCUT2D eigenvalue weighted by atomic mass is 9.87. The molecule has 7 aromatic carbocycles. The van der Waals surface area contributed by atoms with Crippen molar-refractivity contribution in [2.75, 3.05) is 15.5 Å². The van der Waals surface area contributed by atoms with Gasteiger partial charge in [0.2, 0.25) is 0 Å². The summed E-state index contributed by atoms with van der Waals surface area (Å²) in [7, 11) is 0. The van der Waals surface area contributed by atoms with Crippen LogP contribution in [0.5, 0.6) is 11.5 Å². The summed E-state index contributed by atoms with van der Waals surface area (Å²) in [5, 5.41) is 6.87. The predicted octanol–water partition coefficient (Wildman–Crippen LogP) is 15.5. The molecule has 0 saturated carbocycles. The molecular weight excluding hydrogens is 759 g/mol. The largest absolute Gasteiger partial charge is 0.457 e. The molecule has 0 amide bonds. The van der Waals surface area contributed by atoms with Crippen molar-refractivity contribution in [2.24, 2.45) is 0 Å². The van der Waals surface area contributed by atoms with Gasteiger partial charge in [0.15, 0.2) is 0 Å². The number of rotatable bonds is 9. The van der Waals surface area contributed by atoms with Gasteiger partial charge in [-0.15, -0.1) is 0 Å². The van der Waals surface area contributed by atoms with Gasteiger partial charge in [-0.25, -0.2) is 4.98 Å². The number of para-hydroxylation sites is 3. The van der Waals surface area contributed by atoms with Crippen molar-refractivity contribution < 1.29 is 18.4 Å². The molecule has 10 rings (SSSR count). The van der Waals surface area contributed by atoms with Crippen molar-refractivity contribution in [3.05, 3.63) is 212 Å². The summed E-state index contributed by atoms with van der Waals surface area (Å²) in [6.45, 7) is 6.54. The van der Waals surface area contributed by atoms with Gasteiger partial charge in [0, 0.05) is 58.7 Å². The van der Waals surface area contributed by atoms with Crippen LogP contribution in [0.3, 0.4) is 0 Å². The van der Waals surface area contributed by atoms with E-state index in [1.165, 1.54) is 0 Å². The molecule has 0 spiro atoms. The second-order valence-corrected chi connectivity index (χ2v) is 15.8. The summed E-state index contributed by atoms with van der Waals surface area (Å²) < 4.78 is 92.7. The molecule has 0 unspecified atom stereocenters. The van der Waals surface area contributed by atoms with Crippen molar-refractivity contribution in [1.82, 2.24) is 9.97 Å². The number of nitrogens with one attached hydrogen (secondary N) is 2. The summed E-state index contributed by atoms with van der Waals surface area (Å²) in [5.41, 5.74) is 8.67. The average Bonchev–Trinajstić information content (AvgIpc) is 3.50. The number of hydrogen-bond acceptors (Lipinski definition) is 6. The number of fused-ring (bicyclic) bond motifs is 5. The summed E-state index contributed by atoms with van der Waals surface area (Å²) in [5.74, 6) is 1.85. The molecule has 9 aromatic rings. The van der Waals surface area contributed by atoms with E-state index in [2.05, 4.69) is 65.6 Å². The molecule has 3 heterocycles. The Morgan fingerprint density at radius 1 is 0.532 bits per heavy atom. The number of nitrogens with zero attached hydrogens (tertiary/aromatic N) is 3. The van der Waals surface area contributed by atoms with E-state index in [0.29, 0.717) is 28.6 Å². The van der Waals surface area contributed by atoms with Gasteiger partial charge in [-0.1, -0.05) is 142 Å². The fourth-order valence-electron chi connectivity index (χ4n) is 7.75. The minimum atomic E-state index is -0.566. The number of anilines is 7. The zero-order valence-corrected chi connectivity index (χ0v) is 34.1. The van der Waals surface area contributed by atoms with Crippen molar-refractivity contribution in [3.63, 3.8) is 0 Å². The zero-order valence-electron chi connectivity index (χ0n) is 44.1. The third-order valence-electron chi connectivity index (χ3n) is 10.7. The molecule has 2 N–H and O–H groups in total. The molecule has 6 heteroatoms. The third kappa shape index (κ3) is 7.55. The van der Waals surface area contributed by atoms with Crippen molar-refractivity contribution in [1.29, 1.82) is 0 Å². The van der Waals surface area contributed by atoms with Crippen LogP contribution in [0.15, 0.2) is 206 Å². The van der Waals surface area contributed by atoms with E-state index in [0.717, 1.165) is 45.0 Å². The van der Waals surface area contributed by atoms with E-state index in [1.807, 2.05) is 85.2 Å². The molecule has 0 fully saturated rings. The molecular formula is C56H45N5O. The Labute approximate surface area is 377 Å². The molecule has 0 bridgehead atoms. The molecule has 300 valence electrons. The van der Waals surface area contributed by atoms with Crippen molar-refractivity contribution in [3.8, 4) is 56.0 Å². The van der Waals surface area contributed by atoms with Crippen LogP contribution in [0, 0.1) is 0 Å². The summed E-state index contributed by atoms with van der Waals surface area (Å²) in [6, 6.07) is 34.6. The second-order valence-electron chi connectivity index (χ2n) is 15.8. The van der Waals surface area contributed by atoms with Crippen LogP contribution in [-0.4, -0.2) is 9.97 Å². The normalized spacial score (nSPS) is 14.0. The lowest BCUT2D eigenvalue weighted by Gasteiger charge is -2.28. The maximum atomic E-state index is 8.90. The summed E-state index contributed by atoms with van der Waals surface area (Å²) >= 11 is 0. The summed E-state index contributed by atoms with van der Waals surface area (Å²) in [6.07, 6.45) is 5.53. The zero-order chi connectivity index (χ0) is 50.7. The first-order valence-electron chi connectivity index (χ1n) is 25.1. The van der Waals surface area contributed by atoms with Crippen LogP contribution < -0.4 is 20.3 Å². The van der Waals surface area contributed by atoms with E-state index in [-0.39, 0.29) is 33.4 Å². The Bertz CT molecular complexity index is 3510. The first-order chi connectivity index (χ1) is 34.5. The van der Waals surface area contributed by atoms with E-state index in [1.54, 1.807) is 36.5 Å². The van der Waals surface area contributed by atoms with E-state index >= 15 is 0 Å². The maximum Gasteiger partial charge on any atom is 0.137 e. The Balaban J connectivity index is 1.04. The molecule has 62 heavy (non-hydrogen) atoms. The van der Waals surface area contributed by atoms with Gasteiger partial charge in [0.25, 0.3) is 0 Å². The highest BCUT2D eigenvalue weighted by molar-refractivity contribution is 6.02. The fourth-order valence-corrected chi connectivity index (χ4v) is 7.75. The topological polar surface area (TPSA) is 62.3 Å². The van der Waals surface area contributed by atoms with Gasteiger partial charge >= 0.3 is 0 Å². The second kappa shape index (κ2) is 16.2. The van der Waals surface area contributed by atoms with Gasteiger partial charge in [-0.05, 0) is 87.8 Å². The summed E-state index contributed by atoms with van der Waals surface area (Å²) in [4.78, 5) is 11.6. The van der Waals surface area contributed by atoms with Gasteiger partial charge in [-0.3, -0.25) is 9.88 Å². The van der Waals surface area contributed by atoms with E-state index in [4.69, 9.17) is 23.4 Å². The quantitative estimate of drug-likeness (QED) is 0.151. The SMILES string of the molecule is [2H]c1c([2H])c([2H])c(-c2cccc(-c3c([2H])c([2H])c([2H])c([2H])c3[2H])c2Nc2ccccc2Nc2cccc(Oc3ccc4c(c3)N(c3cc(C(C)(C)C)ccn3)c3ccncc3-c3ccccc3-4)c2)c([2H])c1[2H]. The Kier molecular flexibility index (Phi) is 7.47. The molecule has 0 saturated heterocycles. The number of ether oxygens (including phenoxy) is 1. The minimum Gasteiger partial charge on any atom is -0.457 e. The third-order valence-corrected chi connectivity index (χ3v) is 10.7. The van der Waals surface area contributed by atoms with E-state index < -0.39 is 60.4 Å². The van der Waals surface area contributed by atoms with E-state index in [9.17, 15) is 0 Å². The Morgan fingerprint density at radius 3 is 1.87 bits per heavy atom. The highest BCUT2D eigenvalue weighted by Gasteiger charge is 2.28. The molecule has 0 atom stereocenters. The van der Waals surface area contributed by atoms with Crippen LogP contribution >= 0.6 is 0 Å². The minimum absolute atomic E-state index is 0.131. The van der Waals surface area contributed by atoms with Gasteiger partial charge in [0.05, 0.1) is 42.1 Å². The fraction of sp³-hybridized carbons (Fsp3) is 0.0714. The predicted molar refractivity (Wildman–Crippen MR) is 257 cm³/mol. The molecule has 2 aromatic heterocycles. The van der Waals surface area contributed by atoms with Crippen molar-refractivity contribution in [2.45, 2.75) is 26.2 Å². The Morgan fingerprint density at radius 2 is 1.16 bits per heavy atom. The van der Waals surface area contributed by atoms with Crippen molar-refractivity contribution >= 4 is 39.9 Å². The van der Waals surface area contributed by atoms with Crippen LogP contribution in [-0.2, 0) is 5.41 Å². The Hall–Kier alpha value is -7.96. The molecule has 0 aliphatic carbocycles. The smallest absolute Gasteiger partial charge is 0.137 e. The number of hydrogen-bond donors (Lipinski definition) is 2. The monoisotopic (exact) mass is 813 g/mol. The van der Waals surface area contributed by atoms with Crippen LogP contribution in [0.25, 0.3) is 44.5 Å². The number of pyridine rings is 2. The number of aromatic nitrogens is 2. The molecule has 1 aliphatic heterocycles. The van der Waals surface area contributed by atoms with Gasteiger partial charge in [0.1, 0.15) is 17.3 Å². The molecule has 6 nitrogen and oxygen atoms in total.